The highest BCUT2D eigenvalue weighted by molar-refractivity contribution is 5.95. The van der Waals surface area contributed by atoms with Gasteiger partial charge in [-0.1, -0.05) is 24.1 Å². The van der Waals surface area contributed by atoms with E-state index in [1.165, 1.54) is 10.6 Å². The number of nitrogens with zero attached hydrogens (tertiary/aromatic N) is 4. The number of benzene rings is 1. The molecule has 0 aliphatic carbocycles. The zero-order valence-corrected chi connectivity index (χ0v) is 15.3. The Morgan fingerprint density at radius 1 is 1.07 bits per heavy atom. The summed E-state index contributed by atoms with van der Waals surface area (Å²) in [6, 6.07) is 12.2. The van der Waals surface area contributed by atoms with Crippen LogP contribution in [-0.4, -0.2) is 22.0 Å². The van der Waals surface area contributed by atoms with Crippen LogP contribution in [0.5, 0.6) is 0 Å². The molecule has 5 heteroatoms. The summed E-state index contributed by atoms with van der Waals surface area (Å²) in [6.07, 6.45) is 8.59. The molecular formula is C22H19N5. The fraction of sp³-hybridized carbons (Fsp3) is 0.136. The second-order valence-corrected chi connectivity index (χ2v) is 6.43. The van der Waals surface area contributed by atoms with Crippen molar-refractivity contribution in [2.45, 2.75) is 13.3 Å². The Morgan fingerprint density at radius 3 is 2.78 bits per heavy atom. The maximum Gasteiger partial charge on any atom is 0.137 e. The van der Waals surface area contributed by atoms with Crippen LogP contribution in [0, 0.1) is 6.57 Å². The van der Waals surface area contributed by atoms with Crippen molar-refractivity contribution in [2.75, 3.05) is 12.1 Å². The molecule has 1 aromatic carbocycles. The lowest BCUT2D eigenvalue weighted by Gasteiger charge is -2.07. The third kappa shape index (κ3) is 3.13. The molecule has 3 heterocycles. The molecule has 4 rings (SSSR count). The Balaban J connectivity index is 1.82. The third-order valence-corrected chi connectivity index (χ3v) is 4.75. The number of hydrogen-bond donors (Lipinski definition) is 1. The number of aromatic nitrogens is 3. The Morgan fingerprint density at radius 2 is 1.96 bits per heavy atom. The predicted octanol–water partition coefficient (Wildman–Crippen LogP) is 5.12. The summed E-state index contributed by atoms with van der Waals surface area (Å²) < 4.78 is 0. The quantitative estimate of drug-likeness (QED) is 0.409. The number of pyridine rings is 2. The summed E-state index contributed by atoms with van der Waals surface area (Å²) in [4.78, 5) is 15.7. The minimum absolute atomic E-state index is 0.852. The number of aryl methyl sites for hydroxylation is 1. The fourth-order valence-corrected chi connectivity index (χ4v) is 3.17. The van der Waals surface area contributed by atoms with Gasteiger partial charge in [0.25, 0.3) is 0 Å². The number of H-pyrrole nitrogens is 1. The molecule has 132 valence electrons. The van der Waals surface area contributed by atoms with Crippen molar-refractivity contribution < 1.29 is 0 Å². The number of fused-ring (bicyclic) bond motifs is 1. The first-order valence-electron chi connectivity index (χ1n) is 8.82. The highest BCUT2D eigenvalue weighted by Crippen LogP contribution is 2.32. The van der Waals surface area contributed by atoms with E-state index in [1.54, 1.807) is 7.05 Å². The van der Waals surface area contributed by atoms with Crippen LogP contribution in [-0.2, 0) is 6.42 Å². The molecule has 0 spiro atoms. The van der Waals surface area contributed by atoms with Crippen molar-refractivity contribution >= 4 is 16.7 Å². The zero-order chi connectivity index (χ0) is 18.8. The van der Waals surface area contributed by atoms with E-state index in [0.717, 1.165) is 45.4 Å². The van der Waals surface area contributed by atoms with E-state index in [4.69, 9.17) is 6.57 Å². The number of hydrogen-bond acceptors (Lipinski definition) is 3. The van der Waals surface area contributed by atoms with Crippen LogP contribution in [0.1, 0.15) is 12.5 Å². The number of aromatic amines is 1. The molecule has 0 aliphatic heterocycles. The van der Waals surface area contributed by atoms with Gasteiger partial charge in [-0.25, -0.2) is 4.98 Å². The topological polar surface area (TPSA) is 49.2 Å². The predicted molar refractivity (Wildman–Crippen MR) is 109 cm³/mol. The summed E-state index contributed by atoms with van der Waals surface area (Å²) in [6.45, 7) is 9.32. The largest absolute Gasteiger partial charge is 0.346 e. The van der Waals surface area contributed by atoms with E-state index < -0.39 is 0 Å². The van der Waals surface area contributed by atoms with Crippen LogP contribution in [0.2, 0.25) is 0 Å². The van der Waals surface area contributed by atoms with E-state index in [-0.39, 0.29) is 0 Å². The first-order valence-corrected chi connectivity index (χ1v) is 8.82. The Bertz CT molecular complexity index is 1150. The second-order valence-electron chi connectivity index (χ2n) is 6.43. The van der Waals surface area contributed by atoms with Gasteiger partial charge >= 0.3 is 0 Å². The molecule has 0 bridgehead atoms. The zero-order valence-electron chi connectivity index (χ0n) is 15.3. The van der Waals surface area contributed by atoms with Gasteiger partial charge < -0.3 is 4.98 Å². The average Bonchev–Trinajstić information content (AvgIpc) is 3.16. The van der Waals surface area contributed by atoms with Crippen LogP contribution >= 0.6 is 0 Å². The first kappa shape index (κ1) is 16.8. The molecule has 0 atom stereocenters. The van der Waals surface area contributed by atoms with Gasteiger partial charge in [0.05, 0.1) is 7.05 Å². The van der Waals surface area contributed by atoms with Gasteiger partial charge in [-0.2, -0.15) is 11.5 Å². The van der Waals surface area contributed by atoms with E-state index in [1.807, 2.05) is 49.1 Å². The van der Waals surface area contributed by atoms with Crippen LogP contribution in [0.25, 0.3) is 38.2 Å². The summed E-state index contributed by atoms with van der Waals surface area (Å²) >= 11 is 0. The first-order chi connectivity index (χ1) is 13.2. The van der Waals surface area contributed by atoms with Crippen molar-refractivity contribution in [3.8, 4) is 22.3 Å². The Hall–Kier alpha value is -3.65. The molecular weight excluding hydrogens is 334 g/mol. The van der Waals surface area contributed by atoms with Crippen molar-refractivity contribution in [1.82, 2.24) is 15.0 Å². The van der Waals surface area contributed by atoms with Gasteiger partial charge in [0.1, 0.15) is 11.3 Å². The summed E-state index contributed by atoms with van der Waals surface area (Å²) in [5.41, 5.74) is 7.15. The summed E-state index contributed by atoms with van der Waals surface area (Å²) in [7, 11) is 1.76. The van der Waals surface area contributed by atoms with Crippen molar-refractivity contribution in [1.29, 1.82) is 0 Å². The normalized spacial score (nSPS) is 10.7. The minimum atomic E-state index is 0.852. The molecule has 0 aliphatic rings. The molecule has 0 fully saturated rings. The number of anilines is 1. The standard InChI is InChI=1S/C22H19N5/c1-4-15-8-18(12-24-11-15)21-14-26-22-20(21)10-17(13-25-22)16-6-5-7-19(9-16)27(3)23-2/h5-14H,4H2,1,3H3,(H,25,26). The van der Waals surface area contributed by atoms with E-state index in [0.29, 0.717) is 0 Å². The molecule has 0 amide bonds. The molecule has 5 nitrogen and oxygen atoms in total. The van der Waals surface area contributed by atoms with Gasteiger partial charge in [0.15, 0.2) is 0 Å². The maximum absolute atomic E-state index is 7.19. The van der Waals surface area contributed by atoms with Crippen molar-refractivity contribution in [2.24, 2.45) is 0 Å². The molecule has 0 radical (unpaired) electrons. The molecule has 4 aromatic rings. The molecule has 27 heavy (non-hydrogen) atoms. The smallest absolute Gasteiger partial charge is 0.137 e. The lowest BCUT2D eigenvalue weighted by Crippen LogP contribution is -2.04. The van der Waals surface area contributed by atoms with Gasteiger partial charge in [-0.15, -0.1) is 0 Å². The van der Waals surface area contributed by atoms with E-state index in [9.17, 15) is 0 Å². The number of nitrogens with one attached hydrogen (secondary N) is 1. The lowest BCUT2D eigenvalue weighted by atomic mass is 10.0. The third-order valence-electron chi connectivity index (χ3n) is 4.75. The van der Waals surface area contributed by atoms with Crippen LogP contribution in [0.4, 0.5) is 5.69 Å². The maximum atomic E-state index is 7.19. The number of rotatable bonds is 4. The second kappa shape index (κ2) is 6.93. The van der Waals surface area contributed by atoms with Crippen molar-refractivity contribution in [3.63, 3.8) is 0 Å². The van der Waals surface area contributed by atoms with Crippen molar-refractivity contribution in [3.05, 3.63) is 78.3 Å². The van der Waals surface area contributed by atoms with Crippen LogP contribution < -0.4 is 5.01 Å². The average molecular weight is 353 g/mol. The summed E-state index contributed by atoms with van der Waals surface area (Å²) in [5.74, 6) is 0. The van der Waals surface area contributed by atoms with E-state index in [2.05, 4.69) is 39.0 Å². The summed E-state index contributed by atoms with van der Waals surface area (Å²) in [5, 5.41) is 2.59. The van der Waals surface area contributed by atoms with E-state index >= 15 is 0 Å². The van der Waals surface area contributed by atoms with Crippen LogP contribution in [0.15, 0.2) is 61.2 Å². The fourth-order valence-electron chi connectivity index (χ4n) is 3.17. The van der Waals surface area contributed by atoms with Gasteiger partial charge in [-0.3, -0.25) is 4.98 Å². The lowest BCUT2D eigenvalue weighted by molar-refractivity contribution is 1.10. The molecule has 0 saturated carbocycles. The highest BCUT2D eigenvalue weighted by atomic mass is 15.4. The van der Waals surface area contributed by atoms with Gasteiger partial charge in [0.2, 0.25) is 0 Å². The Labute approximate surface area is 158 Å². The molecule has 3 aromatic heterocycles. The molecule has 0 saturated heterocycles. The molecule has 0 unspecified atom stereocenters. The molecule has 1 N–H and O–H groups in total. The SMILES string of the molecule is [C-]#[N+]N(C)c1cccc(-c2cnc3[nH]cc(-c4cncc(CC)c4)c3c2)c1. The van der Waals surface area contributed by atoms with Gasteiger partial charge in [0, 0.05) is 46.9 Å². The Kier molecular flexibility index (Phi) is 4.31. The monoisotopic (exact) mass is 353 g/mol. The van der Waals surface area contributed by atoms with Gasteiger partial charge in [-0.05, 0) is 41.8 Å². The minimum Gasteiger partial charge on any atom is -0.346 e. The van der Waals surface area contributed by atoms with Crippen LogP contribution in [0.3, 0.4) is 0 Å². The highest BCUT2D eigenvalue weighted by Gasteiger charge is 2.11.